The van der Waals surface area contributed by atoms with Crippen molar-refractivity contribution in [2.24, 2.45) is 11.8 Å². The third kappa shape index (κ3) is 7.07. The molecule has 0 radical (unpaired) electrons. The maximum absolute atomic E-state index is 13.8. The van der Waals surface area contributed by atoms with Crippen LogP contribution in [0.1, 0.15) is 76.8 Å². The van der Waals surface area contributed by atoms with Crippen molar-refractivity contribution < 1.29 is 33.3 Å². The Kier molecular flexibility index (Phi) is 9.34. The van der Waals surface area contributed by atoms with E-state index in [9.17, 15) is 14.4 Å². The van der Waals surface area contributed by atoms with Crippen molar-refractivity contribution in [1.82, 2.24) is 4.90 Å². The number of benzene rings is 1. The SMILES string of the molecule is COCCCOC(=O)C1Cc2cc(CC(=O)[C@@H]3[C@H](C4CCCCC4)CCN3C(=O)OC(C)(C)C)ccc2O1. The number of hydrogen-bond donors (Lipinski definition) is 0. The molecule has 0 bridgehead atoms. The highest BCUT2D eigenvalue weighted by molar-refractivity contribution is 5.90. The number of nitrogens with zero attached hydrogens (tertiary/aromatic N) is 1. The van der Waals surface area contributed by atoms with Crippen LogP contribution < -0.4 is 4.74 Å². The van der Waals surface area contributed by atoms with E-state index in [2.05, 4.69) is 0 Å². The molecule has 0 aromatic heterocycles. The Hall–Kier alpha value is -2.61. The van der Waals surface area contributed by atoms with Gasteiger partial charge in [-0.1, -0.05) is 44.2 Å². The number of ketones is 1. The van der Waals surface area contributed by atoms with Crippen LogP contribution in [0.4, 0.5) is 4.79 Å². The quantitative estimate of drug-likeness (QED) is 0.332. The van der Waals surface area contributed by atoms with Crippen LogP contribution >= 0.6 is 0 Å². The Labute approximate surface area is 226 Å². The second-order valence-corrected chi connectivity index (χ2v) is 11.9. The van der Waals surface area contributed by atoms with Crippen molar-refractivity contribution in [2.45, 2.75) is 96.3 Å². The van der Waals surface area contributed by atoms with Gasteiger partial charge in [-0.3, -0.25) is 9.69 Å². The Morgan fingerprint density at radius 1 is 1.05 bits per heavy atom. The third-order valence-electron chi connectivity index (χ3n) is 7.84. The summed E-state index contributed by atoms with van der Waals surface area (Å²) in [7, 11) is 1.61. The summed E-state index contributed by atoms with van der Waals surface area (Å²) in [5.74, 6) is 0.956. The molecule has 1 saturated heterocycles. The van der Waals surface area contributed by atoms with Gasteiger partial charge in [0, 0.05) is 39.5 Å². The van der Waals surface area contributed by atoms with E-state index in [-0.39, 0.29) is 24.1 Å². The van der Waals surface area contributed by atoms with Gasteiger partial charge in [0.25, 0.3) is 0 Å². The number of rotatable bonds is 9. The number of fused-ring (bicyclic) bond motifs is 1. The molecular formula is C30H43NO7. The first kappa shape index (κ1) is 28.4. The van der Waals surface area contributed by atoms with E-state index in [4.69, 9.17) is 18.9 Å². The van der Waals surface area contributed by atoms with Crippen LogP contribution in [0, 0.1) is 11.8 Å². The molecule has 2 fully saturated rings. The van der Waals surface area contributed by atoms with Crippen molar-refractivity contribution in [3.05, 3.63) is 29.3 Å². The van der Waals surface area contributed by atoms with Gasteiger partial charge >= 0.3 is 12.1 Å². The number of Topliss-reactive ketones (excluding diaryl/α,β-unsaturated/α-hetero) is 1. The average molecular weight is 530 g/mol. The van der Waals surface area contributed by atoms with Crippen LogP contribution in [0.2, 0.25) is 0 Å². The first-order valence-corrected chi connectivity index (χ1v) is 14.1. The highest BCUT2D eigenvalue weighted by Crippen LogP contribution is 2.40. The van der Waals surface area contributed by atoms with E-state index in [1.54, 1.807) is 12.0 Å². The van der Waals surface area contributed by atoms with E-state index in [0.717, 1.165) is 30.4 Å². The number of amides is 1. The van der Waals surface area contributed by atoms with Gasteiger partial charge in [0.15, 0.2) is 11.9 Å². The first-order chi connectivity index (χ1) is 18.2. The smallest absolute Gasteiger partial charge is 0.410 e. The molecule has 210 valence electrons. The molecule has 2 heterocycles. The Morgan fingerprint density at radius 2 is 1.82 bits per heavy atom. The van der Waals surface area contributed by atoms with E-state index >= 15 is 0 Å². The minimum atomic E-state index is -0.674. The molecule has 4 rings (SSSR count). The van der Waals surface area contributed by atoms with E-state index < -0.39 is 23.8 Å². The zero-order valence-electron chi connectivity index (χ0n) is 23.3. The Bertz CT molecular complexity index is 995. The lowest BCUT2D eigenvalue weighted by molar-refractivity contribution is -0.151. The fraction of sp³-hybridized carbons (Fsp3) is 0.700. The molecule has 1 amide bonds. The van der Waals surface area contributed by atoms with Gasteiger partial charge in [0.2, 0.25) is 0 Å². The topological polar surface area (TPSA) is 91.4 Å². The Balaban J connectivity index is 1.44. The first-order valence-electron chi connectivity index (χ1n) is 14.1. The number of ether oxygens (including phenoxy) is 4. The third-order valence-corrected chi connectivity index (χ3v) is 7.84. The molecule has 3 aliphatic rings. The van der Waals surface area contributed by atoms with Gasteiger partial charge in [0.05, 0.1) is 12.6 Å². The molecule has 1 saturated carbocycles. The standard InChI is InChI=1S/C30H43NO7/c1-30(2,3)38-29(34)31-14-13-23(21-9-6-5-7-10-21)27(31)24(32)18-20-11-12-25-22(17-20)19-26(37-25)28(33)36-16-8-15-35-4/h11-12,17,21,23,26-27H,5-10,13-16,18-19H2,1-4H3/t23-,26?,27-/m0/s1. The molecule has 38 heavy (non-hydrogen) atoms. The second-order valence-electron chi connectivity index (χ2n) is 11.9. The highest BCUT2D eigenvalue weighted by Gasteiger charge is 2.46. The number of carbonyl (C=O) groups excluding carboxylic acids is 3. The Morgan fingerprint density at radius 3 is 2.53 bits per heavy atom. The number of carbonyl (C=O) groups is 3. The van der Waals surface area contributed by atoms with Crippen LogP contribution in [0.5, 0.6) is 5.75 Å². The van der Waals surface area contributed by atoms with Gasteiger partial charge in [-0.15, -0.1) is 0 Å². The highest BCUT2D eigenvalue weighted by atomic mass is 16.6. The number of hydrogen-bond acceptors (Lipinski definition) is 7. The molecule has 3 atom stereocenters. The zero-order valence-corrected chi connectivity index (χ0v) is 23.3. The summed E-state index contributed by atoms with van der Waals surface area (Å²) in [6.45, 7) is 6.94. The van der Waals surface area contributed by atoms with Crippen LogP contribution in [0.15, 0.2) is 18.2 Å². The van der Waals surface area contributed by atoms with Gasteiger partial charge in [-0.05, 0) is 56.2 Å². The predicted molar refractivity (Wildman–Crippen MR) is 142 cm³/mol. The minimum Gasteiger partial charge on any atom is -0.478 e. The van der Waals surface area contributed by atoms with Crippen LogP contribution in [0.3, 0.4) is 0 Å². The molecule has 1 aliphatic carbocycles. The lowest BCUT2D eigenvalue weighted by atomic mass is 9.75. The van der Waals surface area contributed by atoms with Crippen LogP contribution in [-0.2, 0) is 36.6 Å². The number of likely N-dealkylation sites (tertiary alicyclic amines) is 1. The van der Waals surface area contributed by atoms with Crippen LogP contribution in [-0.4, -0.2) is 67.4 Å². The summed E-state index contributed by atoms with van der Waals surface area (Å²) in [5.41, 5.74) is 1.15. The monoisotopic (exact) mass is 529 g/mol. The average Bonchev–Trinajstić information content (AvgIpc) is 3.51. The van der Waals surface area contributed by atoms with E-state index in [1.165, 1.54) is 19.3 Å². The summed E-state index contributed by atoms with van der Waals surface area (Å²) in [6, 6.07) is 5.20. The van der Waals surface area contributed by atoms with Gasteiger partial charge in [0.1, 0.15) is 11.4 Å². The van der Waals surface area contributed by atoms with Crippen molar-refractivity contribution in [3.63, 3.8) is 0 Å². The summed E-state index contributed by atoms with van der Waals surface area (Å²) in [5, 5.41) is 0. The summed E-state index contributed by atoms with van der Waals surface area (Å²) in [4.78, 5) is 41.0. The predicted octanol–water partition coefficient (Wildman–Crippen LogP) is 4.89. The van der Waals surface area contributed by atoms with Gasteiger partial charge < -0.3 is 18.9 Å². The normalized spacial score (nSPS) is 23.6. The van der Waals surface area contributed by atoms with Crippen molar-refractivity contribution in [2.75, 3.05) is 26.9 Å². The molecule has 1 aromatic carbocycles. The number of methoxy groups -OCH3 is 1. The number of esters is 1. The zero-order chi connectivity index (χ0) is 27.3. The summed E-state index contributed by atoms with van der Waals surface area (Å²) >= 11 is 0. The maximum atomic E-state index is 13.8. The van der Waals surface area contributed by atoms with E-state index in [0.29, 0.717) is 44.3 Å². The van der Waals surface area contributed by atoms with Crippen LogP contribution in [0.25, 0.3) is 0 Å². The van der Waals surface area contributed by atoms with Crippen molar-refractivity contribution in [1.29, 1.82) is 0 Å². The molecule has 8 nitrogen and oxygen atoms in total. The molecule has 0 N–H and O–H groups in total. The molecule has 2 aliphatic heterocycles. The second kappa shape index (κ2) is 12.5. The van der Waals surface area contributed by atoms with E-state index in [1.807, 2.05) is 39.0 Å². The molecule has 1 unspecified atom stereocenters. The fourth-order valence-corrected chi connectivity index (χ4v) is 6.13. The largest absolute Gasteiger partial charge is 0.478 e. The van der Waals surface area contributed by atoms with Gasteiger partial charge in [-0.25, -0.2) is 9.59 Å². The van der Waals surface area contributed by atoms with Crippen molar-refractivity contribution >= 4 is 17.8 Å². The molecule has 1 aromatic rings. The van der Waals surface area contributed by atoms with Gasteiger partial charge in [-0.2, -0.15) is 0 Å². The summed E-state index contributed by atoms with van der Waals surface area (Å²) < 4.78 is 21.8. The lowest BCUT2D eigenvalue weighted by Gasteiger charge is -2.34. The maximum Gasteiger partial charge on any atom is 0.410 e. The lowest BCUT2D eigenvalue weighted by Crippen LogP contribution is -2.47. The van der Waals surface area contributed by atoms with Crippen molar-refractivity contribution in [3.8, 4) is 5.75 Å². The fourth-order valence-electron chi connectivity index (χ4n) is 6.13. The molecule has 8 heteroatoms. The molecule has 0 spiro atoms. The summed E-state index contributed by atoms with van der Waals surface area (Å²) in [6.07, 6.45) is 6.91. The molecular weight excluding hydrogens is 486 g/mol. The minimum absolute atomic E-state index is 0.0527.